The second kappa shape index (κ2) is 10.9. The molecule has 1 rings (SSSR count). The number of rotatable bonds is 2. The van der Waals surface area contributed by atoms with E-state index in [-0.39, 0.29) is 5.82 Å². The van der Waals surface area contributed by atoms with E-state index < -0.39 is 20.4 Å². The maximum atomic E-state index is 13.5. The van der Waals surface area contributed by atoms with E-state index >= 15 is 0 Å². The molecule has 17 heavy (non-hydrogen) atoms. The average Bonchev–Trinajstić information content (AvgIpc) is 2.36. The summed E-state index contributed by atoms with van der Waals surface area (Å²) in [5.41, 5.74) is 1.59. The zero-order valence-electron chi connectivity index (χ0n) is 12.0. The first kappa shape index (κ1) is 19.2. The van der Waals surface area contributed by atoms with Crippen LogP contribution in [-0.4, -0.2) is 4.93 Å². The predicted octanol–water partition coefficient (Wildman–Crippen LogP) is 5.94. The second-order valence-corrected chi connectivity index (χ2v) is 6.44. The third kappa shape index (κ3) is 6.34. The van der Waals surface area contributed by atoms with Crippen LogP contribution in [0.1, 0.15) is 45.7 Å². The molecule has 0 spiro atoms. The predicted molar refractivity (Wildman–Crippen MR) is 83.0 cm³/mol. The van der Waals surface area contributed by atoms with Crippen molar-refractivity contribution in [2.45, 2.75) is 48.0 Å². The summed E-state index contributed by atoms with van der Waals surface area (Å²) in [5.74, 6) is -0.316. The minimum absolute atomic E-state index is 0.316. The van der Waals surface area contributed by atoms with Crippen molar-refractivity contribution in [2.75, 3.05) is 4.93 Å². The van der Waals surface area contributed by atoms with Gasteiger partial charge in [0.25, 0.3) is 0 Å². The Bertz CT molecular complexity index is 309. The van der Waals surface area contributed by atoms with Gasteiger partial charge in [-0.3, -0.25) is 0 Å². The fraction of sp³-hybridized carbons (Fsp3) is 0.571. The molecule has 102 valence electrons. The maximum absolute atomic E-state index is 13.5. The Morgan fingerprint density at radius 2 is 1.59 bits per heavy atom. The summed E-state index contributed by atoms with van der Waals surface area (Å²) in [5, 5.41) is 0. The van der Waals surface area contributed by atoms with Gasteiger partial charge in [0, 0.05) is 0 Å². The minimum atomic E-state index is -2.68. The zero-order chi connectivity index (χ0) is 14.0. The molecular formula is C14H25F2I. The van der Waals surface area contributed by atoms with Crippen molar-refractivity contribution in [3.05, 3.63) is 32.6 Å². The van der Waals surface area contributed by atoms with E-state index in [1.807, 2.05) is 41.5 Å². The summed E-state index contributed by atoms with van der Waals surface area (Å²) in [7, 11) is 0. The average molecular weight is 358 g/mol. The molecule has 3 heteroatoms. The van der Waals surface area contributed by atoms with Gasteiger partial charge in [0.15, 0.2) is 0 Å². The summed E-state index contributed by atoms with van der Waals surface area (Å²) in [6.45, 7) is 11.8. The standard InChI is InChI=1S/C10H13F2I.2C2H6/c1-4-8-5-7(2)6-9(10(8)11)13(3)12;2*1-2/h5-6H,4H2,1-3H3;2*1-2H3. The molecule has 0 heterocycles. The van der Waals surface area contributed by atoms with E-state index in [1.165, 1.54) is 4.93 Å². The van der Waals surface area contributed by atoms with Crippen LogP contribution in [0.2, 0.25) is 0 Å². The van der Waals surface area contributed by atoms with Gasteiger partial charge in [-0.05, 0) is 0 Å². The molecule has 0 saturated heterocycles. The van der Waals surface area contributed by atoms with Gasteiger partial charge in [-0.25, -0.2) is 0 Å². The van der Waals surface area contributed by atoms with E-state index in [0.29, 0.717) is 15.6 Å². The summed E-state index contributed by atoms with van der Waals surface area (Å²) < 4.78 is 26.9. The van der Waals surface area contributed by atoms with Crippen LogP contribution in [0.5, 0.6) is 0 Å². The molecule has 0 N–H and O–H groups in total. The molecule has 0 nitrogen and oxygen atoms in total. The number of benzene rings is 1. The molecule has 0 bridgehead atoms. The monoisotopic (exact) mass is 358 g/mol. The topological polar surface area (TPSA) is 0 Å². The Balaban J connectivity index is 0. The van der Waals surface area contributed by atoms with Crippen molar-refractivity contribution in [2.24, 2.45) is 0 Å². The molecule has 0 atom stereocenters. The van der Waals surface area contributed by atoms with Gasteiger partial charge in [-0.1, -0.05) is 27.7 Å². The van der Waals surface area contributed by atoms with Crippen LogP contribution in [0.4, 0.5) is 7.25 Å². The number of aryl methyl sites for hydroxylation is 2. The number of hydrogen-bond donors (Lipinski definition) is 0. The van der Waals surface area contributed by atoms with Crippen LogP contribution < -0.4 is 0 Å². The molecule has 0 aliphatic rings. The van der Waals surface area contributed by atoms with Crippen LogP contribution in [0.3, 0.4) is 0 Å². The van der Waals surface area contributed by atoms with Crippen molar-refractivity contribution in [3.63, 3.8) is 0 Å². The molecular weight excluding hydrogens is 333 g/mol. The molecule has 0 unspecified atom stereocenters. The van der Waals surface area contributed by atoms with E-state index in [4.69, 9.17) is 0 Å². The molecule has 0 aliphatic heterocycles. The van der Waals surface area contributed by atoms with Gasteiger partial charge < -0.3 is 0 Å². The van der Waals surface area contributed by atoms with E-state index in [1.54, 1.807) is 12.1 Å². The van der Waals surface area contributed by atoms with E-state index in [9.17, 15) is 7.25 Å². The van der Waals surface area contributed by atoms with Crippen LogP contribution >= 0.6 is 20.4 Å². The second-order valence-electron chi connectivity index (χ2n) is 2.98. The van der Waals surface area contributed by atoms with Crippen LogP contribution in [0, 0.1) is 16.3 Å². The molecule has 0 aliphatic carbocycles. The third-order valence-corrected chi connectivity index (χ3v) is 4.30. The first-order valence-corrected chi connectivity index (χ1v) is 10.2. The summed E-state index contributed by atoms with van der Waals surface area (Å²) in [6.07, 6.45) is 0.629. The van der Waals surface area contributed by atoms with Crippen molar-refractivity contribution in [3.8, 4) is 0 Å². The van der Waals surface area contributed by atoms with Gasteiger partial charge in [0.2, 0.25) is 0 Å². The van der Waals surface area contributed by atoms with E-state index in [0.717, 1.165) is 5.56 Å². The Labute approximate surface area is 113 Å². The number of hydrogen-bond acceptors (Lipinski definition) is 0. The first-order chi connectivity index (χ1) is 8.06. The van der Waals surface area contributed by atoms with Gasteiger partial charge >= 0.3 is 85.5 Å². The van der Waals surface area contributed by atoms with Crippen LogP contribution in [0.25, 0.3) is 0 Å². The third-order valence-electron chi connectivity index (χ3n) is 1.91. The van der Waals surface area contributed by atoms with Gasteiger partial charge in [0.05, 0.1) is 0 Å². The summed E-state index contributed by atoms with van der Waals surface area (Å²) in [4.78, 5) is 1.52. The van der Waals surface area contributed by atoms with Gasteiger partial charge in [0.1, 0.15) is 0 Å². The molecule has 0 aromatic heterocycles. The Hall–Kier alpha value is -0.190. The molecule has 1 aromatic carbocycles. The Morgan fingerprint density at radius 1 is 1.12 bits per heavy atom. The molecule has 1 aromatic rings. The fourth-order valence-corrected chi connectivity index (χ4v) is 3.16. The van der Waals surface area contributed by atoms with E-state index in [2.05, 4.69) is 0 Å². The van der Waals surface area contributed by atoms with Crippen LogP contribution in [0.15, 0.2) is 12.1 Å². The number of halogens is 3. The molecule has 0 fully saturated rings. The molecule has 0 radical (unpaired) electrons. The van der Waals surface area contributed by atoms with Crippen molar-refractivity contribution in [1.29, 1.82) is 0 Å². The van der Waals surface area contributed by atoms with Crippen molar-refractivity contribution in [1.82, 2.24) is 0 Å². The number of alkyl halides is 1. The normalized spacial score (nSPS) is 9.59. The van der Waals surface area contributed by atoms with Crippen molar-refractivity contribution < 1.29 is 7.25 Å². The molecule has 0 amide bonds. The Kier molecular flexibility index (Phi) is 12.3. The Morgan fingerprint density at radius 3 is 1.94 bits per heavy atom. The van der Waals surface area contributed by atoms with Crippen molar-refractivity contribution >= 4 is 20.4 Å². The fourth-order valence-electron chi connectivity index (χ4n) is 1.24. The van der Waals surface area contributed by atoms with Crippen LogP contribution in [-0.2, 0) is 6.42 Å². The SMILES string of the molecule is CC.CC.CCc1cc(C)cc(I(C)F)c1F. The first-order valence-electron chi connectivity index (χ1n) is 6.11. The zero-order valence-corrected chi connectivity index (χ0v) is 14.2. The summed E-state index contributed by atoms with van der Waals surface area (Å²) in [6, 6.07) is 3.43. The quantitative estimate of drug-likeness (QED) is 0.453. The molecule has 0 saturated carbocycles. The summed E-state index contributed by atoms with van der Waals surface area (Å²) >= 11 is -2.68. The van der Waals surface area contributed by atoms with Gasteiger partial charge in [-0.2, -0.15) is 0 Å². The van der Waals surface area contributed by atoms with Gasteiger partial charge in [-0.15, -0.1) is 0 Å².